The van der Waals surface area contributed by atoms with Crippen LogP contribution in [0, 0.1) is 0 Å². The number of hydrogen-bond donors (Lipinski definition) is 3. The van der Waals surface area contributed by atoms with Gasteiger partial charge < -0.3 is 20.1 Å². The van der Waals surface area contributed by atoms with Crippen molar-refractivity contribution in [1.82, 2.24) is 0 Å². The summed E-state index contributed by atoms with van der Waals surface area (Å²) in [5, 5.41) is 27.6. The minimum absolute atomic E-state index is 0.00742. The summed E-state index contributed by atoms with van der Waals surface area (Å²) in [6, 6.07) is 2.39. The molecule has 0 fully saturated rings. The third-order valence-electron chi connectivity index (χ3n) is 3.19. The summed E-state index contributed by atoms with van der Waals surface area (Å²) in [7, 11) is 0. The molecule has 0 radical (unpaired) electrons. The molecule has 3 N–H and O–H groups in total. The Kier molecular flexibility index (Phi) is 6.47. The van der Waals surface area contributed by atoms with Crippen LogP contribution in [0.25, 0.3) is 0 Å². The summed E-state index contributed by atoms with van der Waals surface area (Å²) in [4.78, 5) is 34.0. The first-order chi connectivity index (χ1) is 10.8. The van der Waals surface area contributed by atoms with Crippen LogP contribution in [0.4, 0.5) is 0 Å². The maximum atomic E-state index is 11.4. The molecule has 124 valence electrons. The van der Waals surface area contributed by atoms with E-state index in [4.69, 9.17) is 9.84 Å². The van der Waals surface area contributed by atoms with E-state index in [1.54, 1.807) is 0 Å². The maximum absolute atomic E-state index is 11.4. The van der Waals surface area contributed by atoms with Gasteiger partial charge in [-0.1, -0.05) is 6.58 Å². The van der Waals surface area contributed by atoms with Crippen molar-refractivity contribution in [3.8, 4) is 0 Å². The van der Waals surface area contributed by atoms with Crippen LogP contribution >= 0.6 is 0 Å². The molecule has 23 heavy (non-hydrogen) atoms. The predicted molar refractivity (Wildman–Crippen MR) is 80.6 cm³/mol. The number of aliphatic hydroxyl groups is 1. The molecule has 0 unspecified atom stereocenters. The van der Waals surface area contributed by atoms with E-state index in [1.165, 1.54) is 19.1 Å². The molecule has 0 amide bonds. The van der Waals surface area contributed by atoms with E-state index in [0.717, 1.165) is 0 Å². The van der Waals surface area contributed by atoms with Crippen LogP contribution in [0.15, 0.2) is 24.3 Å². The van der Waals surface area contributed by atoms with Gasteiger partial charge in [-0.25, -0.2) is 14.4 Å². The van der Waals surface area contributed by atoms with Gasteiger partial charge in [0.05, 0.1) is 17.7 Å². The number of esters is 1. The van der Waals surface area contributed by atoms with Crippen molar-refractivity contribution in [2.45, 2.75) is 19.8 Å². The predicted octanol–water partition coefficient (Wildman–Crippen LogP) is 1.28. The van der Waals surface area contributed by atoms with Crippen LogP contribution in [0.1, 0.15) is 38.8 Å². The molecule has 0 aliphatic rings. The Morgan fingerprint density at radius 3 is 1.91 bits per heavy atom. The van der Waals surface area contributed by atoms with Crippen molar-refractivity contribution in [1.29, 1.82) is 0 Å². The van der Waals surface area contributed by atoms with Gasteiger partial charge >= 0.3 is 17.9 Å². The number of aliphatic hydroxyl groups excluding tert-OH is 1. The van der Waals surface area contributed by atoms with E-state index >= 15 is 0 Å². The van der Waals surface area contributed by atoms with E-state index in [0.29, 0.717) is 0 Å². The molecule has 1 rings (SSSR count). The molecule has 0 aliphatic heterocycles. The van der Waals surface area contributed by atoms with E-state index < -0.39 is 17.9 Å². The average molecular weight is 322 g/mol. The molecule has 0 heterocycles. The smallest absolute Gasteiger partial charge is 0.335 e. The zero-order valence-electron chi connectivity index (χ0n) is 12.7. The number of hydrogen-bond acceptors (Lipinski definition) is 5. The SMILES string of the molecule is C=C(C)C(=O)OCCc1c(C(=O)O)ccc(C(=O)O)c1CCO. The fraction of sp³-hybridized carbons (Fsp3) is 0.312. The maximum Gasteiger partial charge on any atom is 0.335 e. The number of benzene rings is 1. The van der Waals surface area contributed by atoms with Gasteiger partial charge in [0.1, 0.15) is 0 Å². The van der Waals surface area contributed by atoms with Crippen LogP contribution in [0.5, 0.6) is 0 Å². The van der Waals surface area contributed by atoms with Gasteiger partial charge in [-0.15, -0.1) is 0 Å². The quantitative estimate of drug-likeness (QED) is 0.487. The third-order valence-corrected chi connectivity index (χ3v) is 3.19. The lowest BCUT2D eigenvalue weighted by Gasteiger charge is -2.15. The van der Waals surface area contributed by atoms with Crippen molar-refractivity contribution < 1.29 is 34.4 Å². The van der Waals surface area contributed by atoms with E-state index in [2.05, 4.69) is 6.58 Å². The topological polar surface area (TPSA) is 121 Å². The third kappa shape index (κ3) is 4.65. The second-order valence-electron chi connectivity index (χ2n) is 4.87. The number of carboxylic acids is 2. The first-order valence-corrected chi connectivity index (χ1v) is 6.84. The highest BCUT2D eigenvalue weighted by atomic mass is 16.5. The molecule has 0 bridgehead atoms. The lowest BCUT2D eigenvalue weighted by atomic mass is 9.92. The lowest BCUT2D eigenvalue weighted by molar-refractivity contribution is -0.138. The summed E-state index contributed by atoms with van der Waals surface area (Å²) in [5.74, 6) is -3.05. The van der Waals surface area contributed by atoms with Crippen molar-refractivity contribution >= 4 is 17.9 Å². The standard InChI is InChI=1S/C16H18O7/c1-9(2)16(22)23-8-6-11-10(5-7-17)12(14(18)19)3-4-13(11)15(20)21/h3-4,17H,1,5-8H2,2H3,(H,18,19)(H,20,21). The van der Waals surface area contributed by atoms with Crippen LogP contribution in [-0.4, -0.2) is 46.4 Å². The molecule has 7 nitrogen and oxygen atoms in total. The van der Waals surface area contributed by atoms with Crippen molar-refractivity contribution in [3.05, 3.63) is 46.5 Å². The number of carbonyl (C=O) groups excluding carboxylic acids is 1. The highest BCUT2D eigenvalue weighted by Crippen LogP contribution is 2.22. The summed E-state index contributed by atoms with van der Waals surface area (Å²) in [6.45, 7) is 4.46. The molecular formula is C16H18O7. The van der Waals surface area contributed by atoms with Gasteiger partial charge in [-0.2, -0.15) is 0 Å². The Bertz CT molecular complexity index is 646. The van der Waals surface area contributed by atoms with E-state index in [9.17, 15) is 24.6 Å². The number of rotatable bonds is 8. The summed E-state index contributed by atoms with van der Waals surface area (Å²) in [6.07, 6.45) is 0.0175. The van der Waals surface area contributed by atoms with Gasteiger partial charge in [0, 0.05) is 18.6 Å². The zero-order valence-corrected chi connectivity index (χ0v) is 12.7. The molecule has 0 spiro atoms. The normalized spacial score (nSPS) is 10.2. The minimum Gasteiger partial charge on any atom is -0.478 e. The van der Waals surface area contributed by atoms with Gasteiger partial charge in [0.2, 0.25) is 0 Å². The first-order valence-electron chi connectivity index (χ1n) is 6.84. The monoisotopic (exact) mass is 322 g/mol. The Hall–Kier alpha value is -2.67. The largest absolute Gasteiger partial charge is 0.478 e. The number of carbonyl (C=O) groups is 3. The molecule has 1 aromatic rings. The number of carboxylic acid groups (broad SMARTS) is 2. The molecule has 0 aromatic heterocycles. The summed E-state index contributed by atoms with van der Waals surface area (Å²) >= 11 is 0. The molecular weight excluding hydrogens is 304 g/mol. The van der Waals surface area contributed by atoms with Crippen molar-refractivity contribution in [2.24, 2.45) is 0 Å². The van der Waals surface area contributed by atoms with Gasteiger partial charge in [-0.05, 0) is 36.6 Å². The Morgan fingerprint density at radius 2 is 1.52 bits per heavy atom. The second-order valence-corrected chi connectivity index (χ2v) is 4.87. The Morgan fingerprint density at radius 1 is 1.04 bits per heavy atom. The van der Waals surface area contributed by atoms with Crippen LogP contribution in [-0.2, 0) is 22.4 Å². The Balaban J connectivity index is 3.20. The summed E-state index contributed by atoms with van der Waals surface area (Å²) in [5.41, 5.74) is 0.515. The molecule has 0 saturated carbocycles. The highest BCUT2D eigenvalue weighted by molar-refractivity contribution is 5.95. The van der Waals surface area contributed by atoms with Gasteiger partial charge in [0.15, 0.2) is 0 Å². The van der Waals surface area contributed by atoms with Crippen LogP contribution in [0.3, 0.4) is 0 Å². The van der Waals surface area contributed by atoms with Gasteiger partial charge in [-0.3, -0.25) is 0 Å². The average Bonchev–Trinajstić information content (AvgIpc) is 2.47. The fourth-order valence-electron chi connectivity index (χ4n) is 2.15. The van der Waals surface area contributed by atoms with Crippen molar-refractivity contribution in [2.75, 3.05) is 13.2 Å². The van der Waals surface area contributed by atoms with Crippen LogP contribution < -0.4 is 0 Å². The minimum atomic E-state index is -1.22. The van der Waals surface area contributed by atoms with E-state index in [-0.39, 0.29) is 53.9 Å². The zero-order chi connectivity index (χ0) is 17.6. The molecule has 1 aromatic carbocycles. The molecule has 0 saturated heterocycles. The molecule has 0 aliphatic carbocycles. The number of aromatic carboxylic acids is 2. The van der Waals surface area contributed by atoms with Crippen LogP contribution in [0.2, 0.25) is 0 Å². The fourth-order valence-corrected chi connectivity index (χ4v) is 2.15. The van der Waals surface area contributed by atoms with Crippen molar-refractivity contribution in [3.63, 3.8) is 0 Å². The summed E-state index contributed by atoms with van der Waals surface area (Å²) < 4.78 is 4.93. The van der Waals surface area contributed by atoms with Gasteiger partial charge in [0.25, 0.3) is 0 Å². The Labute approximate surface area is 132 Å². The lowest BCUT2D eigenvalue weighted by Crippen LogP contribution is -2.16. The highest BCUT2D eigenvalue weighted by Gasteiger charge is 2.20. The molecule has 0 atom stereocenters. The number of ether oxygens (including phenoxy) is 1. The molecule has 7 heteroatoms. The first kappa shape index (κ1) is 18.4. The second kappa shape index (κ2) is 8.09. The van der Waals surface area contributed by atoms with E-state index in [1.807, 2.05) is 0 Å².